The second-order valence-electron chi connectivity index (χ2n) is 6.20. The average Bonchev–Trinajstić information content (AvgIpc) is 2.92. The van der Waals surface area contributed by atoms with Crippen molar-refractivity contribution < 1.29 is 9.59 Å². The molecule has 2 aliphatic rings. The van der Waals surface area contributed by atoms with Gasteiger partial charge in [-0.1, -0.05) is 19.8 Å². The molecule has 2 fully saturated rings. The van der Waals surface area contributed by atoms with Gasteiger partial charge >= 0.3 is 6.03 Å². The SMILES string of the molecule is CC1CCN(C(=O)NCCC(=O)NC2CCCC2)CC1. The van der Waals surface area contributed by atoms with Gasteiger partial charge in [-0.2, -0.15) is 0 Å². The highest BCUT2D eigenvalue weighted by molar-refractivity contribution is 5.78. The van der Waals surface area contributed by atoms with Gasteiger partial charge in [0, 0.05) is 32.1 Å². The molecule has 0 aromatic heterocycles. The smallest absolute Gasteiger partial charge is 0.317 e. The number of carbonyl (C=O) groups excluding carboxylic acids is 2. The zero-order valence-corrected chi connectivity index (χ0v) is 12.5. The molecule has 2 N–H and O–H groups in total. The predicted molar refractivity (Wildman–Crippen MR) is 78.4 cm³/mol. The number of hydrogen-bond acceptors (Lipinski definition) is 2. The molecule has 1 aliphatic carbocycles. The van der Waals surface area contributed by atoms with E-state index < -0.39 is 0 Å². The van der Waals surface area contributed by atoms with Gasteiger partial charge in [-0.15, -0.1) is 0 Å². The van der Waals surface area contributed by atoms with Crippen molar-refractivity contribution in [2.24, 2.45) is 5.92 Å². The number of carbonyl (C=O) groups is 2. The minimum atomic E-state index is -0.0226. The molecule has 5 heteroatoms. The molecule has 0 radical (unpaired) electrons. The van der Waals surface area contributed by atoms with E-state index >= 15 is 0 Å². The van der Waals surface area contributed by atoms with E-state index in [4.69, 9.17) is 0 Å². The molecule has 0 bridgehead atoms. The van der Waals surface area contributed by atoms with Crippen LogP contribution in [0.25, 0.3) is 0 Å². The molecule has 1 saturated heterocycles. The van der Waals surface area contributed by atoms with Crippen LogP contribution in [0.5, 0.6) is 0 Å². The van der Waals surface area contributed by atoms with Gasteiger partial charge in [0.15, 0.2) is 0 Å². The molecule has 1 saturated carbocycles. The summed E-state index contributed by atoms with van der Waals surface area (Å²) in [4.78, 5) is 25.5. The van der Waals surface area contributed by atoms with E-state index in [1.54, 1.807) is 0 Å². The second kappa shape index (κ2) is 7.50. The molecule has 2 rings (SSSR count). The molecule has 5 nitrogen and oxygen atoms in total. The van der Waals surface area contributed by atoms with Crippen molar-refractivity contribution in [2.75, 3.05) is 19.6 Å². The number of nitrogens with one attached hydrogen (secondary N) is 2. The molecule has 0 aromatic rings. The zero-order valence-electron chi connectivity index (χ0n) is 12.5. The predicted octanol–water partition coefficient (Wildman–Crippen LogP) is 1.88. The van der Waals surface area contributed by atoms with Crippen LogP contribution in [-0.2, 0) is 4.79 Å². The summed E-state index contributed by atoms with van der Waals surface area (Å²) in [6.45, 7) is 4.33. The Balaban J connectivity index is 1.57. The summed E-state index contributed by atoms with van der Waals surface area (Å²) < 4.78 is 0. The third-order valence-corrected chi connectivity index (χ3v) is 4.42. The third-order valence-electron chi connectivity index (χ3n) is 4.42. The molecule has 0 aromatic carbocycles. The van der Waals surface area contributed by atoms with Crippen LogP contribution in [0, 0.1) is 5.92 Å². The molecule has 114 valence electrons. The lowest BCUT2D eigenvalue weighted by atomic mass is 10.00. The van der Waals surface area contributed by atoms with E-state index in [0.717, 1.165) is 44.7 Å². The first-order chi connectivity index (χ1) is 9.65. The summed E-state index contributed by atoms with van der Waals surface area (Å²) in [7, 11) is 0. The van der Waals surface area contributed by atoms with Crippen LogP contribution in [0.1, 0.15) is 51.9 Å². The summed E-state index contributed by atoms with van der Waals surface area (Å²) in [5.74, 6) is 0.778. The summed E-state index contributed by atoms with van der Waals surface area (Å²) >= 11 is 0. The quantitative estimate of drug-likeness (QED) is 0.826. The van der Waals surface area contributed by atoms with Crippen LogP contribution in [0.4, 0.5) is 4.79 Å². The molecule has 0 spiro atoms. The van der Waals surface area contributed by atoms with Crippen LogP contribution in [0.15, 0.2) is 0 Å². The molecule has 3 amide bonds. The third kappa shape index (κ3) is 4.69. The second-order valence-corrected chi connectivity index (χ2v) is 6.20. The summed E-state index contributed by atoms with van der Waals surface area (Å²) in [5.41, 5.74) is 0. The van der Waals surface area contributed by atoms with Crippen LogP contribution < -0.4 is 10.6 Å². The van der Waals surface area contributed by atoms with Crippen molar-refractivity contribution in [3.63, 3.8) is 0 Å². The molecule has 1 aliphatic heterocycles. The zero-order chi connectivity index (χ0) is 14.4. The minimum Gasteiger partial charge on any atom is -0.353 e. The maximum Gasteiger partial charge on any atom is 0.317 e. The number of nitrogens with zero attached hydrogens (tertiary/aromatic N) is 1. The van der Waals surface area contributed by atoms with Crippen LogP contribution >= 0.6 is 0 Å². The fourth-order valence-electron chi connectivity index (χ4n) is 2.98. The lowest BCUT2D eigenvalue weighted by Gasteiger charge is -2.30. The van der Waals surface area contributed by atoms with E-state index in [-0.39, 0.29) is 11.9 Å². The fourth-order valence-corrected chi connectivity index (χ4v) is 2.98. The van der Waals surface area contributed by atoms with Crippen molar-refractivity contribution in [3.8, 4) is 0 Å². The van der Waals surface area contributed by atoms with Crippen molar-refractivity contribution in [1.82, 2.24) is 15.5 Å². The Morgan fingerprint density at radius 1 is 1.10 bits per heavy atom. The number of likely N-dealkylation sites (tertiary alicyclic amines) is 1. The van der Waals surface area contributed by atoms with E-state index in [2.05, 4.69) is 17.6 Å². The summed E-state index contributed by atoms with van der Waals surface area (Å²) in [6, 6.07) is 0.340. The molecular weight excluding hydrogens is 254 g/mol. The highest BCUT2D eigenvalue weighted by Gasteiger charge is 2.20. The number of piperidine rings is 1. The Morgan fingerprint density at radius 3 is 2.40 bits per heavy atom. The van der Waals surface area contributed by atoms with Crippen molar-refractivity contribution in [3.05, 3.63) is 0 Å². The normalized spacial score (nSPS) is 20.9. The van der Waals surface area contributed by atoms with Crippen LogP contribution in [0.2, 0.25) is 0 Å². The Hall–Kier alpha value is -1.26. The summed E-state index contributed by atoms with van der Waals surface area (Å²) in [5, 5.41) is 5.88. The van der Waals surface area contributed by atoms with E-state index in [1.165, 1.54) is 12.8 Å². The van der Waals surface area contributed by atoms with Gasteiger partial charge in [0.25, 0.3) is 0 Å². The number of hydrogen-bond donors (Lipinski definition) is 2. The van der Waals surface area contributed by atoms with Gasteiger partial charge in [-0.05, 0) is 31.6 Å². The average molecular weight is 281 g/mol. The maximum absolute atomic E-state index is 11.9. The van der Waals surface area contributed by atoms with E-state index in [1.807, 2.05) is 4.90 Å². The van der Waals surface area contributed by atoms with Gasteiger partial charge in [0.1, 0.15) is 0 Å². The minimum absolute atomic E-state index is 0.0226. The van der Waals surface area contributed by atoms with Gasteiger partial charge in [-0.25, -0.2) is 4.79 Å². The lowest BCUT2D eigenvalue weighted by molar-refractivity contribution is -0.121. The maximum atomic E-state index is 11.9. The Morgan fingerprint density at radius 2 is 1.75 bits per heavy atom. The van der Waals surface area contributed by atoms with Crippen LogP contribution in [0.3, 0.4) is 0 Å². The molecule has 20 heavy (non-hydrogen) atoms. The summed E-state index contributed by atoms with van der Waals surface area (Å²) in [6.07, 6.45) is 7.18. The van der Waals surface area contributed by atoms with E-state index in [0.29, 0.717) is 19.0 Å². The fraction of sp³-hybridized carbons (Fsp3) is 0.867. The Labute approximate surface area is 121 Å². The first-order valence-electron chi connectivity index (χ1n) is 7.97. The Kier molecular flexibility index (Phi) is 5.68. The molecule has 0 unspecified atom stereocenters. The lowest BCUT2D eigenvalue weighted by Crippen LogP contribution is -2.45. The Bertz CT molecular complexity index is 332. The largest absolute Gasteiger partial charge is 0.353 e. The first-order valence-corrected chi connectivity index (χ1v) is 7.97. The van der Waals surface area contributed by atoms with Crippen molar-refractivity contribution in [1.29, 1.82) is 0 Å². The topological polar surface area (TPSA) is 61.4 Å². The van der Waals surface area contributed by atoms with Crippen molar-refractivity contribution in [2.45, 2.75) is 57.9 Å². The molecule has 0 atom stereocenters. The standard InChI is InChI=1S/C15H27N3O2/c1-12-7-10-18(11-8-12)15(20)16-9-6-14(19)17-13-4-2-3-5-13/h12-13H,2-11H2,1H3,(H,16,20)(H,17,19). The molecular formula is C15H27N3O2. The monoisotopic (exact) mass is 281 g/mol. The number of amides is 3. The first kappa shape index (κ1) is 15.1. The number of rotatable bonds is 4. The number of urea groups is 1. The van der Waals surface area contributed by atoms with Gasteiger partial charge in [0.2, 0.25) is 5.91 Å². The van der Waals surface area contributed by atoms with Gasteiger partial charge in [-0.3, -0.25) is 4.79 Å². The highest BCUT2D eigenvalue weighted by atomic mass is 16.2. The van der Waals surface area contributed by atoms with Crippen molar-refractivity contribution >= 4 is 11.9 Å². The molecule has 1 heterocycles. The van der Waals surface area contributed by atoms with E-state index in [9.17, 15) is 9.59 Å². The van der Waals surface area contributed by atoms with Gasteiger partial charge in [0.05, 0.1) is 0 Å². The highest BCUT2D eigenvalue weighted by Crippen LogP contribution is 2.17. The van der Waals surface area contributed by atoms with Gasteiger partial charge < -0.3 is 15.5 Å². The van der Waals surface area contributed by atoms with Crippen LogP contribution in [-0.4, -0.2) is 42.5 Å².